The van der Waals surface area contributed by atoms with Gasteiger partial charge in [-0.3, -0.25) is 0 Å². The van der Waals surface area contributed by atoms with Gasteiger partial charge in [-0.2, -0.15) is 0 Å². The van der Waals surface area contributed by atoms with Gasteiger partial charge in [0.05, 0.1) is 7.11 Å². The molecule has 0 fully saturated rings. The molecule has 0 aliphatic heterocycles. The highest BCUT2D eigenvalue weighted by Gasteiger charge is 2.03. The molecular formula is C11H11N3O. The Morgan fingerprint density at radius 2 is 2.07 bits per heavy atom. The Hall–Kier alpha value is -2.10. The summed E-state index contributed by atoms with van der Waals surface area (Å²) in [5.74, 6) is 1.07. The molecule has 0 amide bonds. The van der Waals surface area contributed by atoms with E-state index in [1.165, 1.54) is 0 Å². The van der Waals surface area contributed by atoms with Crippen LogP contribution in [0, 0.1) is 0 Å². The molecule has 0 atom stereocenters. The molecule has 15 heavy (non-hydrogen) atoms. The van der Waals surface area contributed by atoms with Crippen LogP contribution in [-0.2, 0) is 0 Å². The van der Waals surface area contributed by atoms with Gasteiger partial charge in [-0.25, -0.2) is 9.97 Å². The van der Waals surface area contributed by atoms with Crippen molar-refractivity contribution in [1.29, 1.82) is 0 Å². The summed E-state index contributed by atoms with van der Waals surface area (Å²) in [5.41, 5.74) is 7.61. The second-order valence-corrected chi connectivity index (χ2v) is 3.02. The van der Waals surface area contributed by atoms with E-state index in [0.29, 0.717) is 11.7 Å². The number of aromatic nitrogens is 2. The standard InChI is InChI=1S/C11H11N3O/c1-15-10-7-8(4-6-13-10)9-3-2-5-14-11(9)12/h2-7H,1H3,(H2,12,14). The highest BCUT2D eigenvalue weighted by atomic mass is 16.5. The average molecular weight is 201 g/mol. The number of nitrogen functional groups attached to an aromatic ring is 1. The highest BCUT2D eigenvalue weighted by Crippen LogP contribution is 2.25. The summed E-state index contributed by atoms with van der Waals surface area (Å²) in [4.78, 5) is 8.06. The van der Waals surface area contributed by atoms with Crippen LogP contribution < -0.4 is 10.5 Å². The van der Waals surface area contributed by atoms with E-state index in [9.17, 15) is 0 Å². The van der Waals surface area contributed by atoms with E-state index in [1.807, 2.05) is 24.3 Å². The summed E-state index contributed by atoms with van der Waals surface area (Å²) in [6.45, 7) is 0. The molecule has 0 bridgehead atoms. The molecule has 2 heterocycles. The zero-order valence-corrected chi connectivity index (χ0v) is 8.34. The minimum absolute atomic E-state index is 0.505. The molecule has 0 saturated heterocycles. The molecule has 2 N–H and O–H groups in total. The summed E-state index contributed by atoms with van der Waals surface area (Å²) in [5, 5.41) is 0. The fourth-order valence-corrected chi connectivity index (χ4v) is 1.35. The van der Waals surface area contributed by atoms with Crippen molar-refractivity contribution in [2.45, 2.75) is 0 Å². The first-order chi connectivity index (χ1) is 7.31. The van der Waals surface area contributed by atoms with Crippen LogP contribution in [0.15, 0.2) is 36.7 Å². The fraction of sp³-hybridized carbons (Fsp3) is 0.0909. The van der Waals surface area contributed by atoms with Gasteiger partial charge in [0.1, 0.15) is 5.82 Å². The molecule has 76 valence electrons. The molecule has 0 aliphatic carbocycles. The Labute approximate surface area is 87.7 Å². The molecular weight excluding hydrogens is 190 g/mol. The number of pyridine rings is 2. The van der Waals surface area contributed by atoms with Crippen LogP contribution in [0.25, 0.3) is 11.1 Å². The highest BCUT2D eigenvalue weighted by molar-refractivity contribution is 5.73. The fourth-order valence-electron chi connectivity index (χ4n) is 1.35. The Balaban J connectivity index is 2.49. The third-order valence-corrected chi connectivity index (χ3v) is 2.09. The summed E-state index contributed by atoms with van der Waals surface area (Å²) < 4.78 is 5.04. The zero-order chi connectivity index (χ0) is 10.7. The predicted molar refractivity (Wildman–Crippen MR) is 58.4 cm³/mol. The third kappa shape index (κ3) is 1.88. The molecule has 0 spiro atoms. The van der Waals surface area contributed by atoms with Gasteiger partial charge in [0.2, 0.25) is 5.88 Å². The Kier molecular flexibility index (Phi) is 2.49. The van der Waals surface area contributed by atoms with Crippen molar-refractivity contribution >= 4 is 5.82 Å². The Morgan fingerprint density at radius 1 is 1.20 bits per heavy atom. The lowest BCUT2D eigenvalue weighted by Gasteiger charge is -2.05. The molecule has 0 aliphatic rings. The lowest BCUT2D eigenvalue weighted by Crippen LogP contribution is -1.94. The van der Waals surface area contributed by atoms with E-state index in [4.69, 9.17) is 10.5 Å². The lowest BCUT2D eigenvalue weighted by atomic mass is 10.1. The van der Waals surface area contributed by atoms with Gasteiger partial charge in [-0.15, -0.1) is 0 Å². The number of hydrogen-bond acceptors (Lipinski definition) is 4. The predicted octanol–water partition coefficient (Wildman–Crippen LogP) is 1.73. The molecule has 4 nitrogen and oxygen atoms in total. The monoisotopic (exact) mass is 201 g/mol. The second-order valence-electron chi connectivity index (χ2n) is 3.02. The smallest absolute Gasteiger partial charge is 0.213 e. The van der Waals surface area contributed by atoms with Crippen LogP contribution in [0.1, 0.15) is 0 Å². The topological polar surface area (TPSA) is 61.0 Å². The minimum atomic E-state index is 0.505. The first-order valence-electron chi connectivity index (χ1n) is 4.52. The molecule has 0 aromatic carbocycles. The van der Waals surface area contributed by atoms with Crippen molar-refractivity contribution in [3.63, 3.8) is 0 Å². The maximum Gasteiger partial charge on any atom is 0.213 e. The van der Waals surface area contributed by atoms with Gasteiger partial charge in [-0.1, -0.05) is 0 Å². The van der Waals surface area contributed by atoms with Crippen molar-refractivity contribution in [3.8, 4) is 17.0 Å². The van der Waals surface area contributed by atoms with Gasteiger partial charge in [-0.05, 0) is 23.8 Å². The average Bonchev–Trinajstić information content (AvgIpc) is 2.30. The first-order valence-corrected chi connectivity index (χ1v) is 4.52. The number of nitrogens with two attached hydrogens (primary N) is 1. The van der Waals surface area contributed by atoms with Crippen LogP contribution in [0.2, 0.25) is 0 Å². The SMILES string of the molecule is COc1cc(-c2cccnc2N)ccn1. The van der Waals surface area contributed by atoms with Gasteiger partial charge in [0.15, 0.2) is 0 Å². The maximum absolute atomic E-state index is 5.77. The van der Waals surface area contributed by atoms with Gasteiger partial charge in [0, 0.05) is 24.0 Å². The number of rotatable bonds is 2. The van der Waals surface area contributed by atoms with Crippen LogP contribution in [0.3, 0.4) is 0 Å². The lowest BCUT2D eigenvalue weighted by molar-refractivity contribution is 0.398. The van der Waals surface area contributed by atoms with Crippen molar-refractivity contribution in [2.24, 2.45) is 0 Å². The Morgan fingerprint density at radius 3 is 2.80 bits per heavy atom. The number of ether oxygens (including phenoxy) is 1. The van der Waals surface area contributed by atoms with Gasteiger partial charge < -0.3 is 10.5 Å². The third-order valence-electron chi connectivity index (χ3n) is 2.09. The molecule has 0 saturated carbocycles. The number of anilines is 1. The largest absolute Gasteiger partial charge is 0.481 e. The van der Waals surface area contributed by atoms with Crippen LogP contribution in [0.4, 0.5) is 5.82 Å². The van der Waals surface area contributed by atoms with E-state index < -0.39 is 0 Å². The minimum Gasteiger partial charge on any atom is -0.481 e. The molecule has 2 aromatic rings. The number of methoxy groups -OCH3 is 1. The molecule has 0 radical (unpaired) electrons. The van der Waals surface area contributed by atoms with E-state index in [-0.39, 0.29) is 0 Å². The van der Waals surface area contributed by atoms with E-state index in [2.05, 4.69) is 9.97 Å². The molecule has 4 heteroatoms. The van der Waals surface area contributed by atoms with Gasteiger partial charge >= 0.3 is 0 Å². The summed E-state index contributed by atoms with van der Waals surface area (Å²) in [7, 11) is 1.58. The Bertz CT molecular complexity index is 471. The normalized spacial score (nSPS) is 9.93. The summed E-state index contributed by atoms with van der Waals surface area (Å²) >= 11 is 0. The second kappa shape index (κ2) is 3.96. The molecule has 2 rings (SSSR count). The first kappa shape index (κ1) is 9.45. The van der Waals surface area contributed by atoms with Crippen LogP contribution in [-0.4, -0.2) is 17.1 Å². The molecule has 0 unspecified atom stereocenters. The van der Waals surface area contributed by atoms with Crippen molar-refractivity contribution in [1.82, 2.24) is 9.97 Å². The maximum atomic E-state index is 5.77. The van der Waals surface area contributed by atoms with E-state index in [0.717, 1.165) is 11.1 Å². The van der Waals surface area contributed by atoms with Crippen LogP contribution >= 0.6 is 0 Å². The summed E-state index contributed by atoms with van der Waals surface area (Å²) in [6, 6.07) is 7.46. The van der Waals surface area contributed by atoms with E-state index in [1.54, 1.807) is 19.5 Å². The zero-order valence-electron chi connectivity index (χ0n) is 8.34. The van der Waals surface area contributed by atoms with Gasteiger partial charge in [0.25, 0.3) is 0 Å². The van der Waals surface area contributed by atoms with Crippen molar-refractivity contribution in [3.05, 3.63) is 36.7 Å². The van der Waals surface area contributed by atoms with Crippen LogP contribution in [0.5, 0.6) is 5.88 Å². The summed E-state index contributed by atoms with van der Waals surface area (Å²) in [6.07, 6.45) is 3.35. The number of hydrogen-bond donors (Lipinski definition) is 1. The van der Waals surface area contributed by atoms with Crippen molar-refractivity contribution < 1.29 is 4.74 Å². The van der Waals surface area contributed by atoms with E-state index >= 15 is 0 Å². The number of nitrogens with zero attached hydrogens (tertiary/aromatic N) is 2. The quantitative estimate of drug-likeness (QED) is 0.803. The van der Waals surface area contributed by atoms with Crippen molar-refractivity contribution in [2.75, 3.05) is 12.8 Å². The molecule has 2 aromatic heterocycles.